The summed E-state index contributed by atoms with van der Waals surface area (Å²) in [5.74, 6) is 0. The van der Waals surface area contributed by atoms with Crippen molar-refractivity contribution >= 4 is 0 Å². The Morgan fingerprint density at radius 1 is 1.54 bits per heavy atom. The molecule has 0 aliphatic carbocycles. The Hall–Kier alpha value is -0.870. The van der Waals surface area contributed by atoms with Gasteiger partial charge in [0.2, 0.25) is 0 Å². The second-order valence-electron chi connectivity index (χ2n) is 3.50. The molecule has 0 saturated carbocycles. The SMILES string of the molecule is CN(C)CCNCc1cnn(C)c1. The highest BCUT2D eigenvalue weighted by molar-refractivity contribution is 5.02. The number of likely N-dealkylation sites (N-methyl/N-ethyl adjacent to an activating group) is 1. The van der Waals surface area contributed by atoms with E-state index in [9.17, 15) is 0 Å². The fourth-order valence-electron chi connectivity index (χ4n) is 1.10. The van der Waals surface area contributed by atoms with Crippen LogP contribution in [0.3, 0.4) is 0 Å². The lowest BCUT2D eigenvalue weighted by atomic mass is 10.3. The van der Waals surface area contributed by atoms with Crippen LogP contribution in [0.15, 0.2) is 12.4 Å². The van der Waals surface area contributed by atoms with Gasteiger partial charge in [-0.1, -0.05) is 0 Å². The van der Waals surface area contributed by atoms with Gasteiger partial charge >= 0.3 is 0 Å². The van der Waals surface area contributed by atoms with Gasteiger partial charge in [0.25, 0.3) is 0 Å². The number of rotatable bonds is 5. The zero-order valence-corrected chi connectivity index (χ0v) is 8.62. The van der Waals surface area contributed by atoms with Crippen molar-refractivity contribution in [1.29, 1.82) is 0 Å². The highest BCUT2D eigenvalue weighted by Gasteiger charge is 1.95. The summed E-state index contributed by atoms with van der Waals surface area (Å²) in [6.07, 6.45) is 3.92. The molecular formula is C9H18N4. The van der Waals surface area contributed by atoms with E-state index in [1.165, 1.54) is 5.56 Å². The maximum atomic E-state index is 4.10. The smallest absolute Gasteiger partial charge is 0.0534 e. The molecule has 1 aromatic heterocycles. The summed E-state index contributed by atoms with van der Waals surface area (Å²) < 4.78 is 1.82. The van der Waals surface area contributed by atoms with Crippen LogP contribution >= 0.6 is 0 Å². The molecule has 0 aromatic carbocycles. The van der Waals surface area contributed by atoms with Gasteiger partial charge in [-0.25, -0.2) is 0 Å². The largest absolute Gasteiger partial charge is 0.311 e. The molecule has 1 N–H and O–H groups in total. The predicted octanol–water partition coefficient (Wildman–Crippen LogP) is 0.0713. The fourth-order valence-corrected chi connectivity index (χ4v) is 1.10. The molecule has 0 saturated heterocycles. The molecule has 13 heavy (non-hydrogen) atoms. The Balaban J connectivity index is 2.13. The Kier molecular flexibility index (Phi) is 3.92. The molecule has 0 fully saturated rings. The average Bonchev–Trinajstić information content (AvgIpc) is 2.45. The summed E-state index contributed by atoms with van der Waals surface area (Å²) >= 11 is 0. The van der Waals surface area contributed by atoms with E-state index in [0.717, 1.165) is 19.6 Å². The average molecular weight is 182 g/mol. The Bertz CT molecular complexity index is 242. The molecule has 0 aliphatic heterocycles. The molecule has 0 bridgehead atoms. The van der Waals surface area contributed by atoms with Gasteiger partial charge in [0, 0.05) is 38.4 Å². The van der Waals surface area contributed by atoms with Crippen LogP contribution in [0.25, 0.3) is 0 Å². The maximum absolute atomic E-state index is 4.10. The zero-order chi connectivity index (χ0) is 9.68. The van der Waals surface area contributed by atoms with Gasteiger partial charge < -0.3 is 10.2 Å². The zero-order valence-electron chi connectivity index (χ0n) is 8.62. The molecular weight excluding hydrogens is 164 g/mol. The van der Waals surface area contributed by atoms with E-state index in [0.29, 0.717) is 0 Å². The molecule has 0 atom stereocenters. The van der Waals surface area contributed by atoms with E-state index in [1.807, 2.05) is 24.1 Å². The van der Waals surface area contributed by atoms with Crippen molar-refractivity contribution < 1.29 is 0 Å². The summed E-state index contributed by atoms with van der Waals surface area (Å²) in [6, 6.07) is 0. The van der Waals surface area contributed by atoms with Gasteiger partial charge in [-0.2, -0.15) is 5.10 Å². The summed E-state index contributed by atoms with van der Waals surface area (Å²) in [6.45, 7) is 2.99. The van der Waals surface area contributed by atoms with Gasteiger partial charge in [-0.15, -0.1) is 0 Å². The van der Waals surface area contributed by atoms with Crippen molar-refractivity contribution in [1.82, 2.24) is 20.0 Å². The monoisotopic (exact) mass is 182 g/mol. The van der Waals surface area contributed by atoms with Crippen LogP contribution in [0, 0.1) is 0 Å². The van der Waals surface area contributed by atoms with Crippen molar-refractivity contribution in [3.63, 3.8) is 0 Å². The first kappa shape index (κ1) is 10.2. The maximum Gasteiger partial charge on any atom is 0.0534 e. The van der Waals surface area contributed by atoms with Crippen LogP contribution in [0.1, 0.15) is 5.56 Å². The standard InChI is InChI=1S/C9H18N4/c1-12(2)5-4-10-6-9-7-11-13(3)8-9/h7-8,10H,4-6H2,1-3H3. The lowest BCUT2D eigenvalue weighted by molar-refractivity contribution is 0.400. The minimum absolute atomic E-state index is 0.904. The summed E-state index contributed by atoms with van der Waals surface area (Å²) in [5.41, 5.74) is 1.24. The number of aromatic nitrogens is 2. The third-order valence-corrected chi connectivity index (χ3v) is 1.82. The number of nitrogens with zero attached hydrogens (tertiary/aromatic N) is 3. The minimum atomic E-state index is 0.904. The molecule has 1 aromatic rings. The van der Waals surface area contributed by atoms with Crippen molar-refractivity contribution in [3.05, 3.63) is 18.0 Å². The quantitative estimate of drug-likeness (QED) is 0.654. The number of hydrogen-bond donors (Lipinski definition) is 1. The molecule has 4 heteroatoms. The highest BCUT2D eigenvalue weighted by atomic mass is 15.2. The van der Waals surface area contributed by atoms with Crippen LogP contribution in [0.4, 0.5) is 0 Å². The van der Waals surface area contributed by atoms with E-state index in [1.54, 1.807) is 0 Å². The summed E-state index contributed by atoms with van der Waals surface area (Å²) in [7, 11) is 6.08. The van der Waals surface area contributed by atoms with Crippen LogP contribution < -0.4 is 5.32 Å². The van der Waals surface area contributed by atoms with E-state index in [4.69, 9.17) is 0 Å². The first-order valence-corrected chi connectivity index (χ1v) is 4.51. The Morgan fingerprint density at radius 2 is 2.31 bits per heavy atom. The van der Waals surface area contributed by atoms with Crippen molar-refractivity contribution in [2.45, 2.75) is 6.54 Å². The molecule has 1 rings (SSSR count). The van der Waals surface area contributed by atoms with Crippen molar-refractivity contribution in [2.75, 3.05) is 27.2 Å². The second-order valence-corrected chi connectivity index (χ2v) is 3.50. The number of aryl methyl sites for hydroxylation is 1. The molecule has 0 radical (unpaired) electrons. The van der Waals surface area contributed by atoms with Crippen LogP contribution in [-0.2, 0) is 13.6 Å². The normalized spacial score (nSPS) is 11.1. The van der Waals surface area contributed by atoms with Crippen molar-refractivity contribution in [2.24, 2.45) is 7.05 Å². The number of hydrogen-bond acceptors (Lipinski definition) is 3. The highest BCUT2D eigenvalue weighted by Crippen LogP contribution is 1.94. The van der Waals surface area contributed by atoms with E-state index < -0.39 is 0 Å². The van der Waals surface area contributed by atoms with Gasteiger partial charge in [-0.05, 0) is 14.1 Å². The first-order chi connectivity index (χ1) is 6.18. The molecule has 1 heterocycles. The molecule has 0 unspecified atom stereocenters. The lowest BCUT2D eigenvalue weighted by Gasteiger charge is -2.09. The van der Waals surface area contributed by atoms with Gasteiger partial charge in [0.15, 0.2) is 0 Å². The second kappa shape index (κ2) is 4.99. The van der Waals surface area contributed by atoms with Gasteiger partial charge in [0.1, 0.15) is 0 Å². The van der Waals surface area contributed by atoms with Crippen LogP contribution in [0.5, 0.6) is 0 Å². The van der Waals surface area contributed by atoms with Crippen LogP contribution in [-0.4, -0.2) is 41.9 Å². The predicted molar refractivity (Wildman–Crippen MR) is 53.5 cm³/mol. The third kappa shape index (κ3) is 4.05. The Morgan fingerprint density at radius 3 is 2.85 bits per heavy atom. The molecule has 0 aliphatic rings. The van der Waals surface area contributed by atoms with E-state index in [2.05, 4.69) is 29.4 Å². The summed E-state index contributed by atoms with van der Waals surface area (Å²) in [5, 5.41) is 7.45. The molecule has 4 nitrogen and oxygen atoms in total. The first-order valence-electron chi connectivity index (χ1n) is 4.51. The summed E-state index contributed by atoms with van der Waals surface area (Å²) in [4.78, 5) is 2.16. The van der Waals surface area contributed by atoms with Crippen LogP contribution in [0.2, 0.25) is 0 Å². The lowest BCUT2D eigenvalue weighted by Crippen LogP contribution is -2.26. The van der Waals surface area contributed by atoms with E-state index >= 15 is 0 Å². The third-order valence-electron chi connectivity index (χ3n) is 1.82. The Labute approximate surface area is 79.5 Å². The topological polar surface area (TPSA) is 33.1 Å². The van der Waals surface area contributed by atoms with Gasteiger partial charge in [0.05, 0.1) is 6.20 Å². The molecule has 0 spiro atoms. The fraction of sp³-hybridized carbons (Fsp3) is 0.667. The number of nitrogens with one attached hydrogen (secondary N) is 1. The minimum Gasteiger partial charge on any atom is -0.311 e. The van der Waals surface area contributed by atoms with Gasteiger partial charge in [-0.3, -0.25) is 4.68 Å². The van der Waals surface area contributed by atoms with Crippen molar-refractivity contribution in [3.8, 4) is 0 Å². The molecule has 0 amide bonds. The van der Waals surface area contributed by atoms with E-state index in [-0.39, 0.29) is 0 Å². The molecule has 74 valence electrons.